The van der Waals surface area contributed by atoms with Crippen LogP contribution in [-0.2, 0) is 37.9 Å². The standard InChI is InChI=1S/C22H21Cl2N3O6S2/c23-17-6-9-20(24)21(11-17)35(32,33)27(13-15-4-7-19(8-5-15)34(25,30)31)14-16-2-1-3-18(10-16)26-12-22(28)29/h1-11,26H,12-14H2,(H,28,29)(H2,25,30,31). The van der Waals surface area contributed by atoms with Gasteiger partial charge in [-0.15, -0.1) is 0 Å². The predicted octanol–water partition coefficient (Wildman–Crippen LogP) is 3.53. The van der Waals surface area contributed by atoms with Gasteiger partial charge in [0.1, 0.15) is 11.4 Å². The number of rotatable bonds is 10. The molecule has 186 valence electrons. The van der Waals surface area contributed by atoms with Crippen molar-refractivity contribution < 1.29 is 26.7 Å². The number of aliphatic carboxylic acids is 1. The zero-order valence-corrected chi connectivity index (χ0v) is 21.2. The first kappa shape index (κ1) is 26.9. The lowest BCUT2D eigenvalue weighted by atomic mass is 10.2. The number of anilines is 1. The van der Waals surface area contributed by atoms with Crippen LogP contribution in [-0.4, -0.2) is 38.8 Å². The van der Waals surface area contributed by atoms with E-state index < -0.39 is 26.0 Å². The Labute approximate surface area is 213 Å². The van der Waals surface area contributed by atoms with Crippen LogP contribution in [0.5, 0.6) is 0 Å². The van der Waals surface area contributed by atoms with Crippen molar-refractivity contribution in [3.05, 3.63) is 87.9 Å². The Balaban J connectivity index is 1.99. The maximum absolute atomic E-state index is 13.6. The summed E-state index contributed by atoms with van der Waals surface area (Å²) >= 11 is 12.2. The summed E-state index contributed by atoms with van der Waals surface area (Å²) in [7, 11) is -8.08. The molecular weight excluding hydrogens is 537 g/mol. The molecule has 3 rings (SSSR count). The number of carbonyl (C=O) groups is 1. The third-order valence-corrected chi connectivity index (χ3v) is 8.29. The Bertz CT molecular complexity index is 1450. The molecular formula is C22H21Cl2N3O6S2. The fraction of sp³-hybridized carbons (Fsp3) is 0.136. The first-order chi connectivity index (χ1) is 16.4. The van der Waals surface area contributed by atoms with E-state index in [9.17, 15) is 21.6 Å². The van der Waals surface area contributed by atoms with E-state index in [4.69, 9.17) is 33.4 Å². The van der Waals surface area contributed by atoms with Crippen LogP contribution in [0.3, 0.4) is 0 Å². The van der Waals surface area contributed by atoms with E-state index in [0.29, 0.717) is 16.8 Å². The number of benzene rings is 3. The van der Waals surface area contributed by atoms with Gasteiger partial charge in [-0.1, -0.05) is 47.5 Å². The number of carboxylic acids is 1. The predicted molar refractivity (Wildman–Crippen MR) is 133 cm³/mol. The van der Waals surface area contributed by atoms with Crippen LogP contribution in [0.1, 0.15) is 11.1 Å². The van der Waals surface area contributed by atoms with Gasteiger partial charge in [-0.25, -0.2) is 22.0 Å². The minimum Gasteiger partial charge on any atom is -0.480 e. The van der Waals surface area contributed by atoms with Gasteiger partial charge in [0.2, 0.25) is 20.0 Å². The Morgan fingerprint density at radius 2 is 1.57 bits per heavy atom. The third kappa shape index (κ3) is 7.17. The minimum atomic E-state index is -4.17. The number of halogens is 2. The van der Waals surface area contributed by atoms with Gasteiger partial charge in [-0.2, -0.15) is 4.31 Å². The maximum Gasteiger partial charge on any atom is 0.322 e. The Morgan fingerprint density at radius 1 is 0.914 bits per heavy atom. The summed E-state index contributed by atoms with van der Waals surface area (Å²) in [6.45, 7) is -0.520. The largest absolute Gasteiger partial charge is 0.480 e. The van der Waals surface area contributed by atoms with Gasteiger partial charge < -0.3 is 10.4 Å². The number of sulfonamides is 2. The van der Waals surface area contributed by atoms with Gasteiger partial charge >= 0.3 is 5.97 Å². The molecule has 0 amide bonds. The molecule has 0 saturated carbocycles. The number of primary sulfonamides is 1. The van der Waals surface area contributed by atoms with E-state index in [0.717, 1.165) is 4.31 Å². The summed E-state index contributed by atoms with van der Waals surface area (Å²) in [5.74, 6) is -1.04. The van der Waals surface area contributed by atoms with Crippen molar-refractivity contribution in [2.24, 2.45) is 5.14 Å². The molecule has 0 aliphatic carbocycles. The smallest absolute Gasteiger partial charge is 0.322 e. The molecule has 9 nitrogen and oxygen atoms in total. The van der Waals surface area contributed by atoms with Crippen molar-refractivity contribution in [3.63, 3.8) is 0 Å². The summed E-state index contributed by atoms with van der Waals surface area (Å²) < 4.78 is 51.5. The van der Waals surface area contributed by atoms with Gasteiger partial charge in [-0.05, 0) is 53.6 Å². The summed E-state index contributed by atoms with van der Waals surface area (Å²) in [6, 6.07) is 16.3. The fourth-order valence-corrected chi connectivity index (χ4v) is 5.86. The van der Waals surface area contributed by atoms with E-state index in [1.807, 2.05) is 0 Å². The molecule has 0 saturated heterocycles. The Hall–Kier alpha value is -2.67. The van der Waals surface area contributed by atoms with Gasteiger partial charge in [0.15, 0.2) is 0 Å². The monoisotopic (exact) mass is 557 g/mol. The molecule has 0 atom stereocenters. The zero-order valence-electron chi connectivity index (χ0n) is 18.1. The molecule has 0 aromatic heterocycles. The lowest BCUT2D eigenvalue weighted by molar-refractivity contribution is -0.134. The number of nitrogens with one attached hydrogen (secondary N) is 1. The SMILES string of the molecule is NS(=O)(=O)c1ccc(CN(Cc2cccc(NCC(=O)O)c2)S(=O)(=O)c2cc(Cl)ccc2Cl)cc1. The molecule has 0 unspecified atom stereocenters. The van der Waals surface area contributed by atoms with Gasteiger partial charge in [-0.3, -0.25) is 4.79 Å². The number of carboxylic acid groups (broad SMARTS) is 1. The summed E-state index contributed by atoms with van der Waals surface area (Å²) in [5, 5.41) is 16.9. The molecule has 0 fully saturated rings. The van der Waals surface area contributed by atoms with Crippen LogP contribution < -0.4 is 10.5 Å². The lowest BCUT2D eigenvalue weighted by Crippen LogP contribution is -2.30. The molecule has 0 bridgehead atoms. The van der Waals surface area contributed by atoms with Crippen LogP contribution in [0, 0.1) is 0 Å². The highest BCUT2D eigenvalue weighted by atomic mass is 35.5. The summed E-state index contributed by atoms with van der Waals surface area (Å²) in [5.41, 5.74) is 1.57. The van der Waals surface area contributed by atoms with E-state index in [-0.39, 0.29) is 39.5 Å². The van der Waals surface area contributed by atoms with Gasteiger partial charge in [0.25, 0.3) is 0 Å². The lowest BCUT2D eigenvalue weighted by Gasteiger charge is -2.23. The van der Waals surface area contributed by atoms with Crippen molar-refractivity contribution in [1.29, 1.82) is 0 Å². The first-order valence-electron chi connectivity index (χ1n) is 9.98. The number of hydrogen-bond acceptors (Lipinski definition) is 6. The molecule has 35 heavy (non-hydrogen) atoms. The summed E-state index contributed by atoms with van der Waals surface area (Å²) in [4.78, 5) is 10.6. The van der Waals surface area contributed by atoms with E-state index >= 15 is 0 Å². The molecule has 3 aromatic rings. The Kier molecular flexibility index (Phi) is 8.42. The van der Waals surface area contributed by atoms with E-state index in [2.05, 4.69) is 5.32 Å². The minimum absolute atomic E-state index is 0.0131. The normalized spacial score (nSPS) is 12.0. The van der Waals surface area contributed by atoms with Gasteiger partial charge in [0, 0.05) is 23.8 Å². The van der Waals surface area contributed by atoms with Crippen LogP contribution in [0.25, 0.3) is 0 Å². The third-order valence-electron chi connectivity index (χ3n) is 4.85. The molecule has 0 heterocycles. The molecule has 0 spiro atoms. The first-order valence-corrected chi connectivity index (χ1v) is 13.7. The van der Waals surface area contributed by atoms with E-state index in [1.165, 1.54) is 42.5 Å². The van der Waals surface area contributed by atoms with Crippen molar-refractivity contribution >= 4 is 54.9 Å². The quantitative estimate of drug-likeness (QED) is 0.345. The van der Waals surface area contributed by atoms with Crippen LogP contribution >= 0.6 is 23.2 Å². The highest BCUT2D eigenvalue weighted by molar-refractivity contribution is 7.89. The van der Waals surface area contributed by atoms with Crippen molar-refractivity contribution in [2.75, 3.05) is 11.9 Å². The van der Waals surface area contributed by atoms with E-state index in [1.54, 1.807) is 24.3 Å². The topological polar surface area (TPSA) is 147 Å². The second-order valence-electron chi connectivity index (χ2n) is 7.48. The highest BCUT2D eigenvalue weighted by Gasteiger charge is 2.28. The Morgan fingerprint density at radius 3 is 2.20 bits per heavy atom. The average Bonchev–Trinajstić information content (AvgIpc) is 2.79. The van der Waals surface area contributed by atoms with Gasteiger partial charge in [0.05, 0.1) is 9.92 Å². The zero-order chi connectivity index (χ0) is 25.8. The maximum atomic E-state index is 13.6. The van der Waals surface area contributed by atoms with Crippen LogP contribution in [0.2, 0.25) is 10.0 Å². The fourth-order valence-electron chi connectivity index (χ4n) is 3.19. The molecule has 13 heteroatoms. The highest BCUT2D eigenvalue weighted by Crippen LogP contribution is 2.30. The number of hydrogen-bond donors (Lipinski definition) is 3. The number of nitrogens with two attached hydrogens (primary N) is 1. The van der Waals surface area contributed by atoms with Crippen LogP contribution in [0.15, 0.2) is 76.5 Å². The summed E-state index contributed by atoms with van der Waals surface area (Å²) in [6.07, 6.45) is 0. The molecule has 0 aliphatic heterocycles. The van der Waals surface area contributed by atoms with Crippen LogP contribution in [0.4, 0.5) is 5.69 Å². The van der Waals surface area contributed by atoms with Crippen molar-refractivity contribution in [2.45, 2.75) is 22.9 Å². The number of nitrogens with zero attached hydrogens (tertiary/aromatic N) is 1. The van der Waals surface area contributed by atoms with Crippen molar-refractivity contribution in [1.82, 2.24) is 4.31 Å². The second kappa shape index (κ2) is 10.9. The molecule has 0 radical (unpaired) electrons. The molecule has 0 aliphatic rings. The molecule has 4 N–H and O–H groups in total. The average molecular weight is 558 g/mol. The molecule has 3 aromatic carbocycles. The second-order valence-corrected chi connectivity index (χ2v) is 11.8. The van der Waals surface area contributed by atoms with Crippen molar-refractivity contribution in [3.8, 4) is 0 Å².